The number of carbonyl (C=O) groups excluding carboxylic acids is 2. The Labute approximate surface area is 286 Å². The molecule has 2 aromatic carbocycles. The van der Waals surface area contributed by atoms with Gasteiger partial charge in [0.2, 0.25) is 11.9 Å². The summed E-state index contributed by atoms with van der Waals surface area (Å²) in [6.07, 6.45) is 2.17. The number of rotatable bonds is 8. The molecular weight excluding hydrogens is 684 g/mol. The van der Waals surface area contributed by atoms with E-state index in [0.29, 0.717) is 37.2 Å². The van der Waals surface area contributed by atoms with E-state index in [1.165, 1.54) is 6.07 Å². The summed E-state index contributed by atoms with van der Waals surface area (Å²) in [4.78, 5) is 42.5. The van der Waals surface area contributed by atoms with Crippen LogP contribution in [0.25, 0.3) is 0 Å². The summed E-state index contributed by atoms with van der Waals surface area (Å²) in [6.45, 7) is 6.64. The molecule has 238 valence electrons. The molecule has 0 aliphatic rings. The molecule has 0 spiro atoms. The van der Waals surface area contributed by atoms with Crippen molar-refractivity contribution < 1.29 is 9.59 Å². The van der Waals surface area contributed by atoms with Crippen molar-refractivity contribution in [3.63, 3.8) is 0 Å². The highest BCUT2D eigenvalue weighted by molar-refractivity contribution is 6.42. The first-order chi connectivity index (χ1) is 21.3. The lowest BCUT2D eigenvalue weighted by Gasteiger charge is -2.18. The van der Waals surface area contributed by atoms with E-state index in [2.05, 4.69) is 48.1 Å². The Morgan fingerprint density at radius 1 is 0.667 bits per heavy atom. The number of halogens is 5. The Hall–Kier alpha value is -3.61. The summed E-state index contributed by atoms with van der Waals surface area (Å²) >= 11 is 29.2. The molecule has 2 aromatic heterocycles. The maximum absolute atomic E-state index is 12.2. The van der Waals surface area contributed by atoms with Crippen LogP contribution in [-0.4, -0.2) is 45.6 Å². The van der Waals surface area contributed by atoms with Gasteiger partial charge in [0.1, 0.15) is 11.0 Å². The standard InChI is InChI=1S/C17H21Cl2N5O.C12H9Cl3N4O/c1-4-5-8-24(3)15-9-11(2)20-16(22-15)23-17(25)21-12-6-7-13(18)14(19)10-12;1-6-4-10(15)18-11(16-6)19-12(20)17-7-2-3-8(13)9(14)5-7/h6-7,9-10H,4-5,8H2,1-3H3,(H2,20,21,22,23,25);2-5H,1H3,(H2,16,17,18,19,20). The van der Waals surface area contributed by atoms with Crippen LogP contribution in [0.1, 0.15) is 31.2 Å². The lowest BCUT2D eigenvalue weighted by molar-refractivity contribution is 0.261. The topological polar surface area (TPSA) is 137 Å². The number of carbonyl (C=O) groups is 2. The van der Waals surface area contributed by atoms with Crippen molar-refractivity contribution in [3.8, 4) is 0 Å². The third kappa shape index (κ3) is 12.0. The van der Waals surface area contributed by atoms with Crippen LogP contribution >= 0.6 is 58.0 Å². The monoisotopic (exact) mass is 711 g/mol. The predicted octanol–water partition coefficient (Wildman–Crippen LogP) is 9.36. The summed E-state index contributed by atoms with van der Waals surface area (Å²) in [5.74, 6) is 1.13. The highest BCUT2D eigenvalue weighted by Gasteiger charge is 2.11. The van der Waals surface area contributed by atoms with Crippen molar-refractivity contribution in [3.05, 3.63) is 85.2 Å². The van der Waals surface area contributed by atoms with E-state index >= 15 is 0 Å². The first-order valence-corrected chi connectivity index (χ1v) is 15.4. The molecule has 4 N–H and O–H groups in total. The van der Waals surface area contributed by atoms with Gasteiger partial charge < -0.3 is 15.5 Å². The fourth-order valence-corrected chi connectivity index (χ4v) is 4.41. The van der Waals surface area contributed by atoms with Gasteiger partial charge in [-0.25, -0.2) is 24.5 Å². The number of benzene rings is 2. The average molecular weight is 714 g/mol. The third-order valence-electron chi connectivity index (χ3n) is 5.71. The number of nitrogens with one attached hydrogen (secondary N) is 4. The summed E-state index contributed by atoms with van der Waals surface area (Å²) in [5, 5.41) is 12.2. The van der Waals surface area contributed by atoms with Crippen LogP contribution in [0.15, 0.2) is 48.5 Å². The van der Waals surface area contributed by atoms with Gasteiger partial charge in [-0.3, -0.25) is 10.6 Å². The molecule has 0 unspecified atom stereocenters. The second-order valence-corrected chi connectivity index (χ2v) is 11.6. The molecule has 4 amide bonds. The van der Waals surface area contributed by atoms with E-state index in [1.54, 1.807) is 43.3 Å². The van der Waals surface area contributed by atoms with Crippen LogP contribution in [0.2, 0.25) is 25.2 Å². The summed E-state index contributed by atoms with van der Waals surface area (Å²) in [6, 6.07) is 12.1. The molecule has 0 saturated heterocycles. The number of aromatic nitrogens is 4. The number of nitrogens with zero attached hydrogens (tertiary/aromatic N) is 5. The number of amides is 4. The van der Waals surface area contributed by atoms with Gasteiger partial charge in [-0.2, -0.15) is 4.98 Å². The van der Waals surface area contributed by atoms with Crippen LogP contribution in [0, 0.1) is 13.8 Å². The summed E-state index contributed by atoms with van der Waals surface area (Å²) in [5.41, 5.74) is 2.45. The Morgan fingerprint density at radius 2 is 1.16 bits per heavy atom. The molecule has 0 aliphatic carbocycles. The van der Waals surface area contributed by atoms with Crippen LogP contribution in [0.5, 0.6) is 0 Å². The van der Waals surface area contributed by atoms with Crippen LogP contribution in [0.4, 0.5) is 38.7 Å². The van der Waals surface area contributed by atoms with Gasteiger partial charge in [-0.15, -0.1) is 0 Å². The van der Waals surface area contributed by atoms with Crippen molar-refractivity contribution in [1.82, 2.24) is 19.9 Å². The largest absolute Gasteiger partial charge is 0.360 e. The van der Waals surface area contributed by atoms with E-state index in [1.807, 2.05) is 24.9 Å². The zero-order chi connectivity index (χ0) is 33.1. The zero-order valence-electron chi connectivity index (χ0n) is 24.7. The fraction of sp³-hybridized carbons (Fsp3) is 0.241. The first-order valence-electron chi connectivity index (χ1n) is 13.5. The van der Waals surface area contributed by atoms with Gasteiger partial charge >= 0.3 is 12.1 Å². The van der Waals surface area contributed by atoms with E-state index in [0.717, 1.165) is 30.9 Å². The Kier molecular flexibility index (Phi) is 13.7. The van der Waals surface area contributed by atoms with Crippen LogP contribution in [-0.2, 0) is 0 Å². The van der Waals surface area contributed by atoms with Gasteiger partial charge in [0.05, 0.1) is 20.1 Å². The smallest absolute Gasteiger partial charge is 0.326 e. The maximum Gasteiger partial charge on any atom is 0.326 e. The molecule has 0 aliphatic heterocycles. The molecule has 0 radical (unpaired) electrons. The minimum absolute atomic E-state index is 0.118. The van der Waals surface area contributed by atoms with Crippen molar-refractivity contribution in [2.75, 3.05) is 39.8 Å². The predicted molar refractivity (Wildman–Crippen MR) is 185 cm³/mol. The molecule has 16 heteroatoms. The summed E-state index contributed by atoms with van der Waals surface area (Å²) in [7, 11) is 1.97. The minimum atomic E-state index is -0.509. The second kappa shape index (κ2) is 17.2. The quantitative estimate of drug-likeness (QED) is 0.134. The molecule has 0 bridgehead atoms. The van der Waals surface area contributed by atoms with E-state index < -0.39 is 12.1 Å². The Morgan fingerprint density at radius 3 is 1.62 bits per heavy atom. The maximum atomic E-state index is 12.2. The molecule has 4 aromatic rings. The molecule has 11 nitrogen and oxygen atoms in total. The van der Waals surface area contributed by atoms with Gasteiger partial charge in [0.15, 0.2) is 0 Å². The van der Waals surface area contributed by atoms with E-state index in [9.17, 15) is 9.59 Å². The van der Waals surface area contributed by atoms with Crippen molar-refractivity contribution >= 4 is 99.2 Å². The molecule has 45 heavy (non-hydrogen) atoms. The van der Waals surface area contributed by atoms with Crippen LogP contribution in [0.3, 0.4) is 0 Å². The number of urea groups is 2. The van der Waals surface area contributed by atoms with Crippen molar-refractivity contribution in [1.29, 1.82) is 0 Å². The fourth-order valence-electron chi connectivity index (χ4n) is 3.57. The summed E-state index contributed by atoms with van der Waals surface area (Å²) < 4.78 is 0. The van der Waals surface area contributed by atoms with Gasteiger partial charge in [-0.1, -0.05) is 71.3 Å². The number of unbranched alkanes of at least 4 members (excludes halogenated alkanes) is 1. The lowest BCUT2D eigenvalue weighted by atomic mass is 10.3. The first kappa shape index (κ1) is 35.9. The molecule has 0 atom stereocenters. The van der Waals surface area contributed by atoms with Gasteiger partial charge in [0.25, 0.3) is 0 Å². The highest BCUT2D eigenvalue weighted by Crippen LogP contribution is 2.26. The van der Waals surface area contributed by atoms with E-state index in [4.69, 9.17) is 58.0 Å². The van der Waals surface area contributed by atoms with Crippen LogP contribution < -0.4 is 26.2 Å². The van der Waals surface area contributed by atoms with Gasteiger partial charge in [0, 0.05) is 42.4 Å². The molecule has 2 heterocycles. The van der Waals surface area contributed by atoms with Crippen molar-refractivity contribution in [2.24, 2.45) is 0 Å². The third-order valence-corrected chi connectivity index (χ3v) is 7.38. The number of aryl methyl sites for hydroxylation is 2. The lowest BCUT2D eigenvalue weighted by Crippen LogP contribution is -2.23. The van der Waals surface area contributed by atoms with E-state index in [-0.39, 0.29) is 17.0 Å². The molecular formula is C29H30Cl5N9O2. The molecule has 0 fully saturated rings. The molecule has 4 rings (SSSR count). The molecule has 0 saturated carbocycles. The normalized spacial score (nSPS) is 10.3. The number of hydrogen-bond donors (Lipinski definition) is 4. The Bertz CT molecular complexity index is 1640. The highest BCUT2D eigenvalue weighted by atomic mass is 35.5. The average Bonchev–Trinajstić information content (AvgIpc) is 2.95. The zero-order valence-corrected chi connectivity index (χ0v) is 28.5. The SMILES string of the molecule is CCCCN(C)c1cc(C)nc(NC(=O)Nc2ccc(Cl)c(Cl)c2)n1.Cc1cc(Cl)nc(NC(=O)Nc2ccc(Cl)c(Cl)c2)n1. The van der Waals surface area contributed by atoms with Crippen molar-refractivity contribution in [2.45, 2.75) is 33.6 Å². The number of hydrogen-bond acceptors (Lipinski definition) is 7. The van der Waals surface area contributed by atoms with Gasteiger partial charge in [-0.05, 0) is 62.7 Å². The Balaban J connectivity index is 0.000000251. The second-order valence-electron chi connectivity index (χ2n) is 9.54. The minimum Gasteiger partial charge on any atom is -0.360 e. The number of anilines is 5.